The summed E-state index contributed by atoms with van der Waals surface area (Å²) in [5.41, 5.74) is 8.47. The summed E-state index contributed by atoms with van der Waals surface area (Å²) in [6, 6.07) is 10.4. The molecule has 0 fully saturated rings. The number of benzene rings is 1. The van der Waals surface area contributed by atoms with Gasteiger partial charge in [-0.25, -0.2) is 9.97 Å². The Bertz CT molecular complexity index is 1220. The topological polar surface area (TPSA) is 126 Å². The van der Waals surface area contributed by atoms with E-state index in [1.165, 1.54) is 6.26 Å². The van der Waals surface area contributed by atoms with E-state index in [2.05, 4.69) is 9.97 Å². The number of thioether (sulfide) groups is 2. The minimum Gasteiger partial charge on any atom is -0.463 e. The SMILES string of the molecule is N#CSc1ccc(-c2nc3ccc(N)c(SC#N)c3nc2-c2ccco2)o1. The van der Waals surface area contributed by atoms with E-state index in [0.717, 1.165) is 23.5 Å². The van der Waals surface area contributed by atoms with Gasteiger partial charge in [0.1, 0.15) is 27.7 Å². The lowest BCUT2D eigenvalue weighted by molar-refractivity contribution is 0.487. The van der Waals surface area contributed by atoms with Crippen molar-refractivity contribution in [3.63, 3.8) is 0 Å². The van der Waals surface area contributed by atoms with Gasteiger partial charge in [-0.1, -0.05) is 0 Å². The first kappa shape index (κ1) is 17.0. The molecule has 0 unspecified atom stereocenters. The van der Waals surface area contributed by atoms with E-state index in [0.29, 0.717) is 49.6 Å². The predicted octanol–water partition coefficient (Wildman–Crippen LogP) is 4.88. The molecule has 0 saturated heterocycles. The molecular formula is C18H9N5O2S2. The molecule has 3 aromatic heterocycles. The molecule has 4 aromatic rings. The number of hydrogen-bond donors (Lipinski definition) is 1. The fraction of sp³-hybridized carbons (Fsp3) is 0. The Morgan fingerprint density at radius 2 is 1.74 bits per heavy atom. The third-order valence-corrected chi connectivity index (χ3v) is 4.92. The lowest BCUT2D eigenvalue weighted by Gasteiger charge is -2.09. The van der Waals surface area contributed by atoms with Crippen molar-refractivity contribution in [1.82, 2.24) is 9.97 Å². The number of rotatable bonds is 4. The molecule has 2 N–H and O–H groups in total. The molecule has 0 atom stereocenters. The summed E-state index contributed by atoms with van der Waals surface area (Å²) in [7, 11) is 0. The monoisotopic (exact) mass is 391 g/mol. The molecule has 7 nitrogen and oxygen atoms in total. The summed E-state index contributed by atoms with van der Waals surface area (Å²) in [5.74, 6) is 0.959. The molecule has 0 radical (unpaired) electrons. The van der Waals surface area contributed by atoms with Crippen LogP contribution in [0, 0.1) is 21.3 Å². The van der Waals surface area contributed by atoms with Crippen LogP contribution >= 0.6 is 23.5 Å². The summed E-state index contributed by atoms with van der Waals surface area (Å²) >= 11 is 1.85. The Morgan fingerprint density at radius 1 is 0.926 bits per heavy atom. The first-order valence-electron chi connectivity index (χ1n) is 7.57. The molecule has 0 bridgehead atoms. The van der Waals surface area contributed by atoms with Gasteiger partial charge in [-0.05, 0) is 48.2 Å². The maximum Gasteiger partial charge on any atom is 0.175 e. The first-order valence-corrected chi connectivity index (χ1v) is 9.20. The maximum atomic E-state index is 9.09. The lowest BCUT2D eigenvalue weighted by Crippen LogP contribution is -1.97. The fourth-order valence-corrected chi connectivity index (χ4v) is 3.45. The molecule has 130 valence electrons. The van der Waals surface area contributed by atoms with Crippen molar-refractivity contribution < 1.29 is 8.83 Å². The summed E-state index contributed by atoms with van der Waals surface area (Å²) < 4.78 is 11.2. The van der Waals surface area contributed by atoms with E-state index in [4.69, 9.17) is 25.1 Å². The molecule has 0 aliphatic heterocycles. The molecule has 0 aliphatic carbocycles. The Kier molecular flexibility index (Phi) is 4.47. The maximum absolute atomic E-state index is 9.09. The molecule has 0 aliphatic rings. The van der Waals surface area contributed by atoms with Crippen molar-refractivity contribution in [2.45, 2.75) is 9.99 Å². The zero-order valence-electron chi connectivity index (χ0n) is 13.5. The van der Waals surface area contributed by atoms with Crippen LogP contribution in [-0.2, 0) is 0 Å². The van der Waals surface area contributed by atoms with Crippen molar-refractivity contribution in [3.8, 4) is 33.7 Å². The van der Waals surface area contributed by atoms with E-state index < -0.39 is 0 Å². The normalized spacial score (nSPS) is 10.6. The third-order valence-electron chi connectivity index (χ3n) is 3.68. The fourth-order valence-electron chi connectivity index (χ4n) is 2.57. The van der Waals surface area contributed by atoms with E-state index in [9.17, 15) is 0 Å². The quantitative estimate of drug-likeness (QED) is 0.294. The van der Waals surface area contributed by atoms with Gasteiger partial charge in [0.05, 0.1) is 16.7 Å². The van der Waals surface area contributed by atoms with Gasteiger partial charge >= 0.3 is 0 Å². The summed E-state index contributed by atoms with van der Waals surface area (Å²) in [6.07, 6.45) is 1.54. The minimum absolute atomic E-state index is 0.451. The highest BCUT2D eigenvalue weighted by molar-refractivity contribution is 8.04. The molecule has 0 amide bonds. The number of nitrogens with zero attached hydrogens (tertiary/aromatic N) is 4. The van der Waals surface area contributed by atoms with Gasteiger partial charge in [-0.2, -0.15) is 10.5 Å². The van der Waals surface area contributed by atoms with E-state index in [1.54, 1.807) is 36.4 Å². The van der Waals surface area contributed by atoms with Crippen molar-refractivity contribution in [2.24, 2.45) is 0 Å². The molecule has 9 heteroatoms. The van der Waals surface area contributed by atoms with Crippen LogP contribution in [0.5, 0.6) is 0 Å². The Hall–Kier alpha value is -3.40. The van der Waals surface area contributed by atoms with Gasteiger partial charge in [0.2, 0.25) is 0 Å². The predicted molar refractivity (Wildman–Crippen MR) is 102 cm³/mol. The van der Waals surface area contributed by atoms with Crippen LogP contribution in [0.3, 0.4) is 0 Å². The van der Waals surface area contributed by atoms with Crippen molar-refractivity contribution in [1.29, 1.82) is 10.5 Å². The number of fused-ring (bicyclic) bond motifs is 1. The molecular weight excluding hydrogens is 382 g/mol. The van der Waals surface area contributed by atoms with Crippen molar-refractivity contribution in [2.75, 3.05) is 5.73 Å². The number of anilines is 1. The molecule has 1 aromatic carbocycles. The minimum atomic E-state index is 0.451. The lowest BCUT2D eigenvalue weighted by atomic mass is 10.1. The van der Waals surface area contributed by atoms with Gasteiger partial charge in [-0.15, -0.1) is 0 Å². The van der Waals surface area contributed by atoms with Crippen LogP contribution < -0.4 is 5.73 Å². The van der Waals surface area contributed by atoms with Crippen molar-refractivity contribution in [3.05, 3.63) is 42.7 Å². The molecule has 3 heterocycles. The summed E-state index contributed by atoms with van der Waals surface area (Å²) in [6.45, 7) is 0. The standard InChI is InChI=1S/C18H9N5O2S2/c19-8-26-14-6-5-13(25-14)17-16(12-2-1-7-24-12)23-15-11(22-17)4-3-10(21)18(15)27-9-20/h1-7H,21H2. The Balaban J connectivity index is 2.00. The highest BCUT2D eigenvalue weighted by Crippen LogP contribution is 2.37. The van der Waals surface area contributed by atoms with Gasteiger partial charge < -0.3 is 14.6 Å². The molecule has 0 saturated carbocycles. The average Bonchev–Trinajstić information content (AvgIpc) is 3.35. The number of aromatic nitrogens is 2. The first-order chi connectivity index (χ1) is 13.2. The highest BCUT2D eigenvalue weighted by atomic mass is 32.2. The second-order valence-electron chi connectivity index (χ2n) is 5.26. The zero-order valence-corrected chi connectivity index (χ0v) is 15.2. The summed E-state index contributed by atoms with van der Waals surface area (Å²) in [4.78, 5) is 9.90. The van der Waals surface area contributed by atoms with Crippen LogP contribution in [0.4, 0.5) is 5.69 Å². The Labute approximate surface area is 161 Å². The smallest absolute Gasteiger partial charge is 0.175 e. The molecule has 0 spiro atoms. The van der Waals surface area contributed by atoms with Crippen LogP contribution in [0.1, 0.15) is 0 Å². The van der Waals surface area contributed by atoms with Crippen LogP contribution in [0.15, 0.2) is 61.5 Å². The Morgan fingerprint density at radius 3 is 2.48 bits per heavy atom. The number of hydrogen-bond acceptors (Lipinski definition) is 9. The van der Waals surface area contributed by atoms with Crippen LogP contribution in [0.2, 0.25) is 0 Å². The number of thiocyanates is 2. The van der Waals surface area contributed by atoms with Crippen LogP contribution in [0.25, 0.3) is 33.9 Å². The van der Waals surface area contributed by atoms with Gasteiger partial charge in [-0.3, -0.25) is 0 Å². The van der Waals surface area contributed by atoms with Gasteiger partial charge in [0.15, 0.2) is 16.6 Å². The molecule has 27 heavy (non-hydrogen) atoms. The largest absolute Gasteiger partial charge is 0.463 e. The number of nitrogens with two attached hydrogens (primary N) is 1. The van der Waals surface area contributed by atoms with Gasteiger partial charge in [0.25, 0.3) is 0 Å². The zero-order chi connectivity index (χ0) is 18.8. The number of nitrogen functional groups attached to an aromatic ring is 1. The second-order valence-corrected chi connectivity index (χ2v) is 6.84. The number of nitriles is 2. The second kappa shape index (κ2) is 7.08. The van der Waals surface area contributed by atoms with E-state index in [-0.39, 0.29) is 0 Å². The van der Waals surface area contributed by atoms with Gasteiger partial charge in [0, 0.05) is 17.4 Å². The third kappa shape index (κ3) is 3.10. The average molecular weight is 391 g/mol. The van der Waals surface area contributed by atoms with Crippen molar-refractivity contribution >= 4 is 40.2 Å². The number of furan rings is 2. The van der Waals surface area contributed by atoms with E-state index >= 15 is 0 Å². The molecule has 4 rings (SSSR count). The summed E-state index contributed by atoms with van der Waals surface area (Å²) in [5, 5.41) is 22.4. The van der Waals surface area contributed by atoms with Crippen LogP contribution in [-0.4, -0.2) is 9.97 Å². The van der Waals surface area contributed by atoms with E-state index in [1.807, 2.05) is 10.8 Å². The highest BCUT2D eigenvalue weighted by Gasteiger charge is 2.20.